The van der Waals surface area contributed by atoms with Gasteiger partial charge in [-0.15, -0.1) is 12.6 Å². The molecular formula is C9H15NS. The van der Waals surface area contributed by atoms with E-state index in [-0.39, 0.29) is 0 Å². The lowest BCUT2D eigenvalue weighted by molar-refractivity contribution is 1.39. The molecule has 1 rings (SSSR count). The molecule has 1 aromatic carbocycles. The van der Waals surface area contributed by atoms with Crippen LogP contribution in [0, 0.1) is 6.92 Å². The first-order chi connectivity index (χ1) is 5.20. The highest BCUT2D eigenvalue weighted by Gasteiger charge is 1.90. The molecule has 0 aromatic heterocycles. The second-order valence-corrected chi connectivity index (χ2v) is 2.54. The van der Waals surface area contributed by atoms with Crippen molar-refractivity contribution < 1.29 is 0 Å². The predicted molar refractivity (Wildman–Crippen MR) is 54.2 cm³/mol. The minimum atomic E-state index is 0.748. The highest BCUT2D eigenvalue weighted by molar-refractivity contribution is 7.80. The van der Waals surface area contributed by atoms with Crippen molar-refractivity contribution in [2.75, 3.05) is 5.73 Å². The zero-order valence-corrected chi connectivity index (χ0v) is 8.15. The van der Waals surface area contributed by atoms with Gasteiger partial charge in [-0.3, -0.25) is 0 Å². The van der Waals surface area contributed by atoms with Crippen LogP contribution in [0.4, 0.5) is 5.69 Å². The second kappa shape index (κ2) is 5.08. The van der Waals surface area contributed by atoms with Gasteiger partial charge in [0.1, 0.15) is 0 Å². The summed E-state index contributed by atoms with van der Waals surface area (Å²) in [5.41, 5.74) is 7.46. The molecular weight excluding hydrogens is 154 g/mol. The first-order valence-electron chi connectivity index (χ1n) is 3.75. The van der Waals surface area contributed by atoms with E-state index in [1.165, 1.54) is 5.56 Å². The van der Waals surface area contributed by atoms with E-state index in [0.717, 1.165) is 10.6 Å². The Bertz CT molecular complexity index is 221. The van der Waals surface area contributed by atoms with Gasteiger partial charge in [-0.05, 0) is 24.6 Å². The molecule has 1 aromatic rings. The van der Waals surface area contributed by atoms with Gasteiger partial charge >= 0.3 is 0 Å². The first kappa shape index (κ1) is 10.4. The molecule has 0 aliphatic carbocycles. The smallest absolute Gasteiger partial charge is 0.0452 e. The summed E-state index contributed by atoms with van der Waals surface area (Å²) in [7, 11) is 0. The minimum Gasteiger partial charge on any atom is -0.398 e. The molecule has 0 amide bonds. The number of anilines is 1. The molecule has 0 heterocycles. The minimum absolute atomic E-state index is 0.748. The highest BCUT2D eigenvalue weighted by atomic mass is 32.1. The van der Waals surface area contributed by atoms with Crippen LogP contribution in [0.15, 0.2) is 23.1 Å². The zero-order valence-electron chi connectivity index (χ0n) is 7.26. The molecule has 1 nitrogen and oxygen atoms in total. The highest BCUT2D eigenvalue weighted by Crippen LogP contribution is 2.16. The SMILES string of the molecule is CC.Cc1ccc(S)c(N)c1. The summed E-state index contributed by atoms with van der Waals surface area (Å²) in [6.45, 7) is 6.00. The number of thiol groups is 1. The summed E-state index contributed by atoms with van der Waals surface area (Å²) in [5, 5.41) is 0. The van der Waals surface area contributed by atoms with Gasteiger partial charge in [0.05, 0.1) is 0 Å². The standard InChI is InChI=1S/C7H9NS.C2H6/c1-5-2-3-7(9)6(8)4-5;1-2/h2-4,9H,8H2,1H3;1-2H3. The maximum atomic E-state index is 5.54. The van der Waals surface area contributed by atoms with Gasteiger partial charge in [-0.1, -0.05) is 19.9 Å². The molecule has 0 saturated heterocycles. The lowest BCUT2D eigenvalue weighted by Gasteiger charge is -1.97. The number of hydrogen-bond acceptors (Lipinski definition) is 2. The van der Waals surface area contributed by atoms with Crippen molar-refractivity contribution in [3.63, 3.8) is 0 Å². The molecule has 2 heteroatoms. The van der Waals surface area contributed by atoms with E-state index in [1.807, 2.05) is 39.0 Å². The van der Waals surface area contributed by atoms with Crippen LogP contribution in [0.1, 0.15) is 19.4 Å². The normalized spacial score (nSPS) is 8.36. The van der Waals surface area contributed by atoms with Gasteiger partial charge in [0.25, 0.3) is 0 Å². The third kappa shape index (κ3) is 3.33. The molecule has 0 bridgehead atoms. The summed E-state index contributed by atoms with van der Waals surface area (Å²) in [6, 6.07) is 5.79. The van der Waals surface area contributed by atoms with Crippen molar-refractivity contribution in [2.24, 2.45) is 0 Å². The summed E-state index contributed by atoms with van der Waals surface area (Å²) in [5.74, 6) is 0. The van der Waals surface area contributed by atoms with Crippen LogP contribution in [0.2, 0.25) is 0 Å². The Balaban J connectivity index is 0.000000461. The third-order valence-electron chi connectivity index (χ3n) is 1.18. The number of nitrogen functional groups attached to an aromatic ring is 1. The van der Waals surface area contributed by atoms with Gasteiger partial charge < -0.3 is 5.73 Å². The average Bonchev–Trinajstić information content (AvgIpc) is 2.02. The fourth-order valence-electron chi connectivity index (χ4n) is 0.674. The monoisotopic (exact) mass is 169 g/mol. The fourth-order valence-corrected chi connectivity index (χ4v) is 0.813. The van der Waals surface area contributed by atoms with Crippen LogP contribution in [0.25, 0.3) is 0 Å². The van der Waals surface area contributed by atoms with Gasteiger partial charge in [-0.2, -0.15) is 0 Å². The van der Waals surface area contributed by atoms with Crippen molar-refractivity contribution in [1.82, 2.24) is 0 Å². The molecule has 11 heavy (non-hydrogen) atoms. The second-order valence-electron chi connectivity index (χ2n) is 2.06. The molecule has 0 aliphatic heterocycles. The van der Waals surface area contributed by atoms with E-state index in [0.29, 0.717) is 0 Å². The van der Waals surface area contributed by atoms with Crippen molar-refractivity contribution in [2.45, 2.75) is 25.7 Å². The quantitative estimate of drug-likeness (QED) is 0.453. The Morgan fingerprint density at radius 1 is 1.27 bits per heavy atom. The number of hydrogen-bond donors (Lipinski definition) is 2. The molecule has 0 spiro atoms. The number of rotatable bonds is 0. The molecule has 0 aliphatic rings. The van der Waals surface area contributed by atoms with Gasteiger partial charge in [0, 0.05) is 10.6 Å². The number of aryl methyl sites for hydroxylation is 1. The van der Waals surface area contributed by atoms with Crippen molar-refractivity contribution in [1.29, 1.82) is 0 Å². The van der Waals surface area contributed by atoms with Crippen LogP contribution < -0.4 is 5.73 Å². The Morgan fingerprint density at radius 2 is 1.82 bits per heavy atom. The molecule has 0 radical (unpaired) electrons. The number of benzene rings is 1. The van der Waals surface area contributed by atoms with E-state index < -0.39 is 0 Å². The van der Waals surface area contributed by atoms with Gasteiger partial charge in [-0.25, -0.2) is 0 Å². The van der Waals surface area contributed by atoms with E-state index >= 15 is 0 Å². The van der Waals surface area contributed by atoms with Gasteiger partial charge in [0.15, 0.2) is 0 Å². The van der Waals surface area contributed by atoms with Crippen LogP contribution >= 0.6 is 12.6 Å². The molecule has 62 valence electrons. The lowest BCUT2D eigenvalue weighted by atomic mass is 10.2. The van der Waals surface area contributed by atoms with Crippen LogP contribution in [0.3, 0.4) is 0 Å². The first-order valence-corrected chi connectivity index (χ1v) is 4.20. The van der Waals surface area contributed by atoms with Crippen molar-refractivity contribution in [3.05, 3.63) is 23.8 Å². The van der Waals surface area contributed by atoms with Crippen LogP contribution in [-0.4, -0.2) is 0 Å². The summed E-state index contributed by atoms with van der Waals surface area (Å²) >= 11 is 4.12. The fraction of sp³-hybridized carbons (Fsp3) is 0.333. The Morgan fingerprint density at radius 3 is 2.18 bits per heavy atom. The Labute approximate surface area is 74.0 Å². The maximum absolute atomic E-state index is 5.54. The summed E-state index contributed by atoms with van der Waals surface area (Å²) in [4.78, 5) is 0.848. The van der Waals surface area contributed by atoms with E-state index in [9.17, 15) is 0 Å². The zero-order chi connectivity index (χ0) is 8.85. The molecule has 2 N–H and O–H groups in total. The number of nitrogens with two attached hydrogens (primary N) is 1. The predicted octanol–water partition coefficient (Wildman–Crippen LogP) is 2.89. The lowest BCUT2D eigenvalue weighted by Crippen LogP contribution is -1.86. The molecule has 0 saturated carbocycles. The van der Waals surface area contributed by atoms with Crippen molar-refractivity contribution >= 4 is 18.3 Å². The molecule has 0 unspecified atom stereocenters. The van der Waals surface area contributed by atoms with Crippen LogP contribution in [0.5, 0.6) is 0 Å². The third-order valence-corrected chi connectivity index (χ3v) is 1.59. The summed E-state index contributed by atoms with van der Waals surface area (Å²) in [6.07, 6.45) is 0. The van der Waals surface area contributed by atoms with Crippen molar-refractivity contribution in [3.8, 4) is 0 Å². The Hall–Kier alpha value is -0.630. The average molecular weight is 169 g/mol. The Kier molecular flexibility index (Phi) is 4.79. The molecule has 0 fully saturated rings. The maximum Gasteiger partial charge on any atom is 0.0452 e. The van der Waals surface area contributed by atoms with E-state index in [2.05, 4.69) is 12.6 Å². The topological polar surface area (TPSA) is 26.0 Å². The summed E-state index contributed by atoms with van der Waals surface area (Å²) < 4.78 is 0. The largest absolute Gasteiger partial charge is 0.398 e. The van der Waals surface area contributed by atoms with E-state index in [1.54, 1.807) is 0 Å². The van der Waals surface area contributed by atoms with E-state index in [4.69, 9.17) is 5.73 Å². The van der Waals surface area contributed by atoms with Crippen LogP contribution in [-0.2, 0) is 0 Å². The molecule has 0 atom stereocenters. The van der Waals surface area contributed by atoms with Gasteiger partial charge in [0.2, 0.25) is 0 Å².